The predicted molar refractivity (Wildman–Crippen MR) is 151 cm³/mol. The lowest BCUT2D eigenvalue weighted by Gasteiger charge is -2.39. The lowest BCUT2D eigenvalue weighted by Crippen LogP contribution is -2.56. The summed E-state index contributed by atoms with van der Waals surface area (Å²) in [6, 6.07) is 15.7. The third kappa shape index (κ3) is 5.71. The maximum atomic E-state index is 14.2. The first-order valence-corrected chi connectivity index (χ1v) is 13.5. The lowest BCUT2D eigenvalue weighted by atomic mass is 9.80. The van der Waals surface area contributed by atoms with Crippen molar-refractivity contribution in [2.75, 3.05) is 18.1 Å². The predicted octanol–water partition coefficient (Wildman–Crippen LogP) is 4.43. The Morgan fingerprint density at radius 2 is 1.80 bits per heavy atom. The van der Waals surface area contributed by atoms with Crippen LogP contribution < -0.4 is 15.5 Å². The van der Waals surface area contributed by atoms with E-state index in [-0.39, 0.29) is 17.9 Å². The van der Waals surface area contributed by atoms with Crippen LogP contribution in [0.25, 0.3) is 5.69 Å². The molecule has 0 spiro atoms. The van der Waals surface area contributed by atoms with Crippen LogP contribution in [-0.2, 0) is 11.0 Å². The summed E-state index contributed by atoms with van der Waals surface area (Å²) in [5.41, 5.74) is 0.315. The second-order valence-electron chi connectivity index (χ2n) is 10.1. The zero-order valence-corrected chi connectivity index (χ0v) is 23.2. The molecule has 0 bridgehead atoms. The van der Waals surface area contributed by atoms with Crippen LogP contribution in [0, 0.1) is 17.3 Å². The van der Waals surface area contributed by atoms with E-state index in [2.05, 4.69) is 10.6 Å². The van der Waals surface area contributed by atoms with E-state index in [4.69, 9.17) is 5.10 Å². The van der Waals surface area contributed by atoms with Crippen molar-refractivity contribution in [3.05, 3.63) is 113 Å². The van der Waals surface area contributed by atoms with Gasteiger partial charge in [-0.3, -0.25) is 14.5 Å². The minimum atomic E-state index is -4.70. The highest BCUT2D eigenvalue weighted by atomic mass is 19.4. The number of aliphatic hydroxyl groups is 1. The number of rotatable bonds is 8. The van der Waals surface area contributed by atoms with Crippen molar-refractivity contribution in [2.45, 2.75) is 31.1 Å². The number of alkyl halides is 3. The fourth-order valence-corrected chi connectivity index (χ4v) is 5.36. The topological polar surface area (TPSA) is 123 Å². The van der Waals surface area contributed by atoms with Gasteiger partial charge in [-0.1, -0.05) is 36.4 Å². The number of nitrogens with one attached hydrogen (secondary N) is 2. The van der Waals surface area contributed by atoms with Gasteiger partial charge in [-0.05, 0) is 55.0 Å². The molecule has 0 aliphatic carbocycles. The molecule has 1 aromatic heterocycles. The normalized spacial score (nSPS) is 17.0. The number of hydrogen-bond acceptors (Lipinski definition) is 6. The van der Waals surface area contributed by atoms with Crippen molar-refractivity contribution in [2.24, 2.45) is 0 Å². The number of amides is 2. The van der Waals surface area contributed by atoms with Crippen molar-refractivity contribution in [1.29, 1.82) is 5.26 Å². The summed E-state index contributed by atoms with van der Waals surface area (Å²) >= 11 is 0. The van der Waals surface area contributed by atoms with E-state index in [0.717, 1.165) is 12.1 Å². The van der Waals surface area contributed by atoms with Crippen molar-refractivity contribution >= 4 is 17.6 Å². The molecule has 4 aromatic rings. The summed E-state index contributed by atoms with van der Waals surface area (Å²) in [5, 5.41) is 29.4. The van der Waals surface area contributed by atoms with Crippen LogP contribution in [0.15, 0.2) is 78.9 Å². The van der Waals surface area contributed by atoms with Gasteiger partial charge in [0.15, 0.2) is 6.19 Å². The SMILES string of the molecule is C[C@@H](NC#N)c1nn(-c2ccccc2)c2c1[C@H](c1ccc(F)cc1)[C@H](NC(=O)c1cccc(C(F)(F)F)c1)C(=O)N2CCO. The molecular formula is C31H26F4N6O3. The van der Waals surface area contributed by atoms with E-state index in [1.54, 1.807) is 37.3 Å². The highest BCUT2D eigenvalue weighted by molar-refractivity contribution is 6.05. The first-order valence-electron chi connectivity index (χ1n) is 13.5. The Morgan fingerprint density at radius 3 is 2.43 bits per heavy atom. The summed E-state index contributed by atoms with van der Waals surface area (Å²) in [7, 11) is 0. The van der Waals surface area contributed by atoms with Crippen molar-refractivity contribution < 1.29 is 32.3 Å². The largest absolute Gasteiger partial charge is 0.416 e. The molecule has 0 radical (unpaired) electrons. The van der Waals surface area contributed by atoms with Crippen molar-refractivity contribution in [1.82, 2.24) is 20.4 Å². The van der Waals surface area contributed by atoms with Gasteiger partial charge < -0.3 is 15.7 Å². The minimum Gasteiger partial charge on any atom is -0.395 e. The number of para-hydroxylation sites is 1. The number of aromatic nitrogens is 2. The van der Waals surface area contributed by atoms with Gasteiger partial charge in [-0.2, -0.15) is 23.5 Å². The Hall–Kier alpha value is -5.22. The van der Waals surface area contributed by atoms with E-state index in [0.29, 0.717) is 28.6 Å². The number of nitriles is 1. The third-order valence-electron chi connectivity index (χ3n) is 7.34. The number of aliphatic hydroxyl groups excluding tert-OH is 1. The molecule has 3 aromatic carbocycles. The third-order valence-corrected chi connectivity index (χ3v) is 7.34. The number of fused-ring (bicyclic) bond motifs is 1. The average molecular weight is 607 g/mol. The summed E-state index contributed by atoms with van der Waals surface area (Å²) in [6.45, 7) is 0.990. The molecule has 13 heteroatoms. The maximum absolute atomic E-state index is 14.2. The molecule has 226 valence electrons. The molecule has 0 saturated carbocycles. The Balaban J connectivity index is 1.74. The summed E-state index contributed by atoms with van der Waals surface area (Å²) in [4.78, 5) is 29.0. The molecule has 0 saturated heterocycles. The Morgan fingerprint density at radius 1 is 1.09 bits per heavy atom. The van der Waals surface area contributed by atoms with Crippen molar-refractivity contribution in [3.63, 3.8) is 0 Å². The first kappa shape index (κ1) is 30.2. The number of carbonyl (C=O) groups excluding carboxylic acids is 2. The highest BCUT2D eigenvalue weighted by Gasteiger charge is 2.47. The smallest absolute Gasteiger partial charge is 0.395 e. The van der Waals surface area contributed by atoms with E-state index in [9.17, 15) is 37.5 Å². The quantitative estimate of drug-likeness (QED) is 0.155. The number of benzene rings is 3. The second kappa shape index (κ2) is 12.2. The van der Waals surface area contributed by atoms with Crippen LogP contribution in [0.1, 0.15) is 51.6 Å². The Labute approximate surface area is 249 Å². The van der Waals surface area contributed by atoms with Crippen LogP contribution in [0.2, 0.25) is 0 Å². The number of carbonyl (C=O) groups is 2. The van der Waals surface area contributed by atoms with E-state index in [1.165, 1.54) is 39.9 Å². The molecule has 0 fully saturated rings. The molecular weight excluding hydrogens is 580 g/mol. The standard InChI is InChI=1S/C31H26F4N6O3/c1-18(37-17-36)26-25-24(19-10-12-22(32)13-11-19)27(38-28(43)20-6-5-7-21(16-20)31(33,34)35)30(44)40(14-15-42)29(25)41(39-26)23-8-3-2-4-9-23/h2-13,16,18,24,27,37,42H,14-15H2,1H3,(H,38,43)/t18-,24+,27+/m1/s1. The summed E-state index contributed by atoms with van der Waals surface area (Å²) in [5.74, 6) is -2.93. The van der Waals surface area contributed by atoms with Crippen LogP contribution >= 0.6 is 0 Å². The van der Waals surface area contributed by atoms with Crippen LogP contribution in [0.5, 0.6) is 0 Å². The highest BCUT2D eigenvalue weighted by Crippen LogP contribution is 2.45. The van der Waals surface area contributed by atoms with Gasteiger partial charge >= 0.3 is 6.18 Å². The van der Waals surface area contributed by atoms with Gasteiger partial charge in [0, 0.05) is 17.0 Å². The number of hydrogen-bond donors (Lipinski definition) is 3. The van der Waals surface area contributed by atoms with Gasteiger partial charge in [-0.15, -0.1) is 0 Å². The second-order valence-corrected chi connectivity index (χ2v) is 10.1. The molecule has 3 atom stereocenters. The monoisotopic (exact) mass is 606 g/mol. The number of β-amino-alcohol motifs (C(OH)–C–C–N with tert-alkyl or cyclic N) is 1. The van der Waals surface area contributed by atoms with Crippen LogP contribution in [-0.4, -0.2) is 45.9 Å². The average Bonchev–Trinajstić information content (AvgIpc) is 3.40. The van der Waals surface area contributed by atoms with E-state index < -0.39 is 54.0 Å². The Bertz CT molecular complexity index is 1720. The fraction of sp³-hybridized carbons (Fsp3) is 0.226. The van der Waals surface area contributed by atoms with Crippen LogP contribution in [0.4, 0.5) is 23.4 Å². The van der Waals surface area contributed by atoms with Gasteiger partial charge in [0.05, 0.1) is 36.1 Å². The molecule has 9 nitrogen and oxygen atoms in total. The zero-order chi connectivity index (χ0) is 31.6. The van der Waals surface area contributed by atoms with Gasteiger partial charge in [0.25, 0.3) is 11.8 Å². The molecule has 1 aliphatic rings. The molecule has 3 N–H and O–H groups in total. The zero-order valence-electron chi connectivity index (χ0n) is 23.2. The summed E-state index contributed by atoms with van der Waals surface area (Å²) in [6.07, 6.45) is -2.82. The molecule has 5 rings (SSSR count). The van der Waals surface area contributed by atoms with Gasteiger partial charge in [0.1, 0.15) is 17.7 Å². The summed E-state index contributed by atoms with van der Waals surface area (Å²) < 4.78 is 55.8. The van der Waals surface area contributed by atoms with E-state index >= 15 is 0 Å². The molecule has 2 amide bonds. The van der Waals surface area contributed by atoms with Gasteiger partial charge in [0.2, 0.25) is 0 Å². The maximum Gasteiger partial charge on any atom is 0.416 e. The van der Waals surface area contributed by atoms with Gasteiger partial charge in [-0.25, -0.2) is 9.07 Å². The molecule has 1 aliphatic heterocycles. The number of anilines is 1. The number of nitrogens with zero attached hydrogens (tertiary/aromatic N) is 4. The fourth-order valence-electron chi connectivity index (χ4n) is 5.36. The first-order chi connectivity index (χ1) is 21.0. The number of halogens is 4. The molecule has 44 heavy (non-hydrogen) atoms. The van der Waals surface area contributed by atoms with E-state index in [1.807, 2.05) is 6.19 Å². The Kier molecular flexibility index (Phi) is 8.37. The lowest BCUT2D eigenvalue weighted by molar-refractivity contribution is -0.137. The minimum absolute atomic E-state index is 0.212. The van der Waals surface area contributed by atoms with Crippen LogP contribution in [0.3, 0.4) is 0 Å². The molecule has 0 unspecified atom stereocenters. The molecule has 2 heterocycles. The van der Waals surface area contributed by atoms with Crippen molar-refractivity contribution in [3.8, 4) is 11.9 Å².